The summed E-state index contributed by atoms with van der Waals surface area (Å²) in [5.41, 5.74) is 0.829. The van der Waals surface area contributed by atoms with Crippen LogP contribution in [0.15, 0.2) is 33.8 Å². The van der Waals surface area contributed by atoms with Crippen LogP contribution in [0, 0.1) is 0 Å². The molecule has 1 aromatic heterocycles. The number of nitrogens with zero attached hydrogens (tertiary/aromatic N) is 3. The van der Waals surface area contributed by atoms with Gasteiger partial charge < -0.3 is 4.90 Å². The highest BCUT2D eigenvalue weighted by Gasteiger charge is 2.19. The first kappa shape index (κ1) is 12.8. The largest absolute Gasteiger partial charge is 0.306 e. The molecule has 0 spiro atoms. The lowest BCUT2D eigenvalue weighted by Gasteiger charge is -2.30. The Bertz CT molecular complexity index is 659. The van der Waals surface area contributed by atoms with Crippen LogP contribution in [0.25, 0.3) is 10.9 Å². The Morgan fingerprint density at radius 1 is 1.32 bits per heavy atom. The van der Waals surface area contributed by atoms with Crippen molar-refractivity contribution in [3.63, 3.8) is 0 Å². The van der Waals surface area contributed by atoms with Gasteiger partial charge in [-0.2, -0.15) is 0 Å². The van der Waals surface area contributed by atoms with Gasteiger partial charge in [-0.25, -0.2) is 4.98 Å². The molecule has 2 heterocycles. The van der Waals surface area contributed by atoms with Crippen molar-refractivity contribution in [3.05, 3.63) is 39.4 Å². The molecule has 19 heavy (non-hydrogen) atoms. The highest BCUT2D eigenvalue weighted by atomic mass is 79.9. The van der Waals surface area contributed by atoms with Crippen molar-refractivity contribution in [3.8, 4) is 0 Å². The second kappa shape index (κ2) is 5.06. The normalized spacial score (nSPS) is 18.0. The average molecular weight is 322 g/mol. The fourth-order valence-corrected chi connectivity index (χ4v) is 2.99. The van der Waals surface area contributed by atoms with Gasteiger partial charge in [-0.05, 0) is 51.2 Å². The van der Waals surface area contributed by atoms with Crippen molar-refractivity contribution >= 4 is 26.8 Å². The van der Waals surface area contributed by atoms with Gasteiger partial charge in [0.05, 0.1) is 17.2 Å². The summed E-state index contributed by atoms with van der Waals surface area (Å²) in [6.07, 6.45) is 3.73. The van der Waals surface area contributed by atoms with Crippen molar-refractivity contribution in [1.29, 1.82) is 0 Å². The van der Waals surface area contributed by atoms with Gasteiger partial charge >= 0.3 is 0 Å². The van der Waals surface area contributed by atoms with E-state index in [2.05, 4.69) is 32.9 Å². The zero-order chi connectivity index (χ0) is 13.4. The van der Waals surface area contributed by atoms with Gasteiger partial charge in [0.1, 0.15) is 0 Å². The van der Waals surface area contributed by atoms with Gasteiger partial charge in [0.25, 0.3) is 5.56 Å². The number of piperidine rings is 1. The standard InChI is InChI=1S/C14H16BrN3O/c1-17-6-4-11(5-7-17)18-9-16-13-8-10(15)2-3-12(13)14(18)19/h2-3,8-9,11H,4-7H2,1H3. The Hall–Kier alpha value is -1.20. The number of rotatable bonds is 1. The first-order valence-corrected chi connectivity index (χ1v) is 7.29. The summed E-state index contributed by atoms with van der Waals surface area (Å²) in [6, 6.07) is 5.91. The zero-order valence-corrected chi connectivity index (χ0v) is 12.4. The lowest BCUT2D eigenvalue weighted by Crippen LogP contribution is -2.35. The maximum atomic E-state index is 12.5. The maximum absolute atomic E-state index is 12.5. The number of benzene rings is 1. The Balaban J connectivity index is 2.03. The van der Waals surface area contributed by atoms with E-state index in [1.165, 1.54) is 0 Å². The first-order valence-electron chi connectivity index (χ1n) is 6.50. The van der Waals surface area contributed by atoms with Crippen molar-refractivity contribution in [1.82, 2.24) is 14.5 Å². The van der Waals surface area contributed by atoms with Crippen LogP contribution in [0.4, 0.5) is 0 Å². The van der Waals surface area contributed by atoms with Crippen LogP contribution in [-0.2, 0) is 0 Å². The Kier molecular flexibility index (Phi) is 3.41. The SMILES string of the molecule is CN1CCC(n2cnc3cc(Br)ccc3c2=O)CC1. The van der Waals surface area contributed by atoms with Crippen molar-refractivity contribution in [2.45, 2.75) is 18.9 Å². The predicted octanol–water partition coefficient (Wildman–Crippen LogP) is 2.43. The first-order chi connectivity index (χ1) is 9.15. The molecule has 0 atom stereocenters. The van der Waals surface area contributed by atoms with E-state index in [4.69, 9.17) is 0 Å². The van der Waals surface area contributed by atoms with Crippen LogP contribution in [-0.4, -0.2) is 34.6 Å². The van der Waals surface area contributed by atoms with Gasteiger partial charge in [0, 0.05) is 10.5 Å². The average Bonchev–Trinajstić information content (AvgIpc) is 2.40. The molecule has 1 aromatic carbocycles. The molecular weight excluding hydrogens is 306 g/mol. The summed E-state index contributed by atoms with van der Waals surface area (Å²) >= 11 is 3.40. The van der Waals surface area contributed by atoms with E-state index in [0.717, 1.165) is 35.9 Å². The highest BCUT2D eigenvalue weighted by molar-refractivity contribution is 9.10. The van der Waals surface area contributed by atoms with Crippen LogP contribution in [0.1, 0.15) is 18.9 Å². The second-order valence-electron chi connectivity index (χ2n) is 5.15. The van der Waals surface area contributed by atoms with E-state index in [-0.39, 0.29) is 11.6 Å². The minimum atomic E-state index is 0.0760. The summed E-state index contributed by atoms with van der Waals surface area (Å²) in [6.45, 7) is 2.07. The number of fused-ring (bicyclic) bond motifs is 1. The summed E-state index contributed by atoms with van der Waals surface area (Å²) in [4.78, 5) is 19.2. The van der Waals surface area contributed by atoms with Crippen molar-refractivity contribution in [2.24, 2.45) is 0 Å². The third-order valence-corrected chi connectivity index (χ3v) is 4.32. The molecule has 100 valence electrons. The Morgan fingerprint density at radius 3 is 2.79 bits per heavy atom. The molecule has 0 amide bonds. The quantitative estimate of drug-likeness (QED) is 0.809. The molecule has 0 bridgehead atoms. The monoisotopic (exact) mass is 321 g/mol. The third-order valence-electron chi connectivity index (χ3n) is 3.83. The lowest BCUT2D eigenvalue weighted by atomic mass is 10.1. The summed E-state index contributed by atoms with van der Waals surface area (Å²) < 4.78 is 2.76. The van der Waals surface area contributed by atoms with Gasteiger partial charge in [0.15, 0.2) is 0 Å². The van der Waals surface area contributed by atoms with Gasteiger partial charge in [0.2, 0.25) is 0 Å². The molecule has 4 nitrogen and oxygen atoms in total. The van der Waals surface area contributed by atoms with E-state index < -0.39 is 0 Å². The molecule has 1 aliphatic rings. The molecule has 1 saturated heterocycles. The van der Waals surface area contributed by atoms with Crippen molar-refractivity contribution in [2.75, 3.05) is 20.1 Å². The second-order valence-corrected chi connectivity index (χ2v) is 6.07. The fourth-order valence-electron chi connectivity index (χ4n) is 2.64. The topological polar surface area (TPSA) is 38.1 Å². The molecule has 0 saturated carbocycles. The summed E-state index contributed by atoms with van der Waals surface area (Å²) in [5.74, 6) is 0. The van der Waals surface area contributed by atoms with Crippen LogP contribution in [0.5, 0.6) is 0 Å². The molecule has 1 aliphatic heterocycles. The minimum Gasteiger partial charge on any atom is -0.306 e. The van der Waals surface area contributed by atoms with Crippen LogP contribution < -0.4 is 5.56 Å². The molecular formula is C14H16BrN3O. The van der Waals surface area contributed by atoms with Crippen LogP contribution in [0.2, 0.25) is 0 Å². The van der Waals surface area contributed by atoms with E-state index in [1.54, 1.807) is 6.33 Å². The van der Waals surface area contributed by atoms with E-state index in [1.807, 2.05) is 22.8 Å². The zero-order valence-electron chi connectivity index (χ0n) is 10.8. The Morgan fingerprint density at radius 2 is 2.05 bits per heavy atom. The smallest absolute Gasteiger partial charge is 0.261 e. The highest BCUT2D eigenvalue weighted by Crippen LogP contribution is 2.21. The number of hydrogen-bond acceptors (Lipinski definition) is 3. The van der Waals surface area contributed by atoms with E-state index in [0.29, 0.717) is 5.39 Å². The fraction of sp³-hybridized carbons (Fsp3) is 0.429. The maximum Gasteiger partial charge on any atom is 0.261 e. The minimum absolute atomic E-state index is 0.0760. The van der Waals surface area contributed by atoms with Gasteiger partial charge in [-0.1, -0.05) is 15.9 Å². The lowest BCUT2D eigenvalue weighted by molar-refractivity contribution is 0.218. The van der Waals surface area contributed by atoms with Crippen molar-refractivity contribution < 1.29 is 0 Å². The summed E-state index contributed by atoms with van der Waals surface area (Å²) in [5, 5.41) is 0.699. The number of hydrogen-bond donors (Lipinski definition) is 0. The molecule has 1 fully saturated rings. The number of aromatic nitrogens is 2. The van der Waals surface area contributed by atoms with Crippen LogP contribution in [0.3, 0.4) is 0 Å². The van der Waals surface area contributed by atoms with E-state index >= 15 is 0 Å². The molecule has 0 radical (unpaired) electrons. The number of likely N-dealkylation sites (tertiary alicyclic amines) is 1. The van der Waals surface area contributed by atoms with E-state index in [9.17, 15) is 4.79 Å². The van der Waals surface area contributed by atoms with Crippen LogP contribution >= 0.6 is 15.9 Å². The molecule has 3 rings (SSSR count). The van der Waals surface area contributed by atoms with Gasteiger partial charge in [-0.3, -0.25) is 9.36 Å². The Labute approximate surface area is 120 Å². The van der Waals surface area contributed by atoms with Gasteiger partial charge in [-0.15, -0.1) is 0 Å². The summed E-state index contributed by atoms with van der Waals surface area (Å²) in [7, 11) is 2.12. The molecule has 0 unspecified atom stereocenters. The number of halogens is 1. The predicted molar refractivity (Wildman–Crippen MR) is 79.5 cm³/mol. The molecule has 0 aliphatic carbocycles. The molecule has 0 N–H and O–H groups in total. The molecule has 5 heteroatoms. The molecule has 2 aromatic rings. The third kappa shape index (κ3) is 2.44.